The molecule has 1 heterocycles. The second-order valence-corrected chi connectivity index (χ2v) is 3.86. The molecule has 0 saturated carbocycles. The number of aromatic nitrogens is 1. The zero-order chi connectivity index (χ0) is 8.32. The number of rotatable bonds is 2. The van der Waals surface area contributed by atoms with Crippen LogP contribution in [0.1, 0.15) is 0 Å². The van der Waals surface area contributed by atoms with E-state index in [4.69, 9.17) is 0 Å². The molecule has 0 amide bonds. The van der Waals surface area contributed by atoms with Crippen molar-refractivity contribution < 1.29 is 13.5 Å². The van der Waals surface area contributed by atoms with Crippen LogP contribution in [0.25, 0.3) is 0 Å². The lowest BCUT2D eigenvalue weighted by atomic mass is 10.5. The van der Waals surface area contributed by atoms with Crippen LogP contribution in [0.3, 0.4) is 0 Å². The predicted octanol–water partition coefficient (Wildman–Crippen LogP) is 0.243. The van der Waals surface area contributed by atoms with Gasteiger partial charge in [0.05, 0.1) is 4.90 Å². The molecule has 0 unspecified atom stereocenters. The lowest BCUT2D eigenvalue weighted by molar-refractivity contribution is 0.250. The van der Waals surface area contributed by atoms with E-state index in [1.54, 1.807) is 0 Å². The number of pyridine rings is 1. The molecule has 1 aromatic heterocycles. The third-order valence-corrected chi connectivity index (χ3v) is 2.42. The fourth-order valence-corrected chi connectivity index (χ4v) is 1.24. The fourth-order valence-electron chi connectivity index (χ4n) is 0.599. The Morgan fingerprint density at radius 3 is 2.64 bits per heavy atom. The predicted molar refractivity (Wildman–Crippen MR) is 37.0 cm³/mol. The Balaban J connectivity index is 3.14. The molecular weight excluding hydrogens is 166 g/mol. The van der Waals surface area contributed by atoms with Crippen LogP contribution >= 0.6 is 0 Å². The van der Waals surface area contributed by atoms with Crippen LogP contribution in [0.15, 0.2) is 29.4 Å². The number of hydrogen-bond acceptors (Lipinski definition) is 3. The highest BCUT2D eigenvalue weighted by Gasteiger charge is 2.12. The summed E-state index contributed by atoms with van der Waals surface area (Å²) in [6.45, 7) is 0. The van der Waals surface area contributed by atoms with Gasteiger partial charge in [-0.2, -0.15) is 0 Å². The van der Waals surface area contributed by atoms with Gasteiger partial charge in [0.2, 0.25) is 9.84 Å². The maximum absolute atomic E-state index is 10.8. The van der Waals surface area contributed by atoms with Gasteiger partial charge in [0.25, 0.3) is 0 Å². The molecular formula is C6H6NO3S. The summed E-state index contributed by atoms with van der Waals surface area (Å²) in [6.07, 6.45) is 2.61. The number of nitrogens with zero attached hydrogens (tertiary/aromatic N) is 1. The topological polar surface area (TPSA) is 66.9 Å². The highest BCUT2D eigenvalue weighted by atomic mass is 32.2. The Morgan fingerprint density at radius 1 is 1.45 bits per heavy atom. The molecule has 0 aliphatic heterocycles. The van der Waals surface area contributed by atoms with Crippen molar-refractivity contribution in [3.63, 3.8) is 0 Å². The minimum Gasteiger partial charge on any atom is -0.263 e. The first-order chi connectivity index (χ1) is 5.17. The highest BCUT2D eigenvalue weighted by molar-refractivity contribution is 7.91. The standard InChI is InChI=1S/C6H6NO3S/c8-5-11(9,10)6-2-1-3-7-4-6/h1-4H,5H2. The van der Waals surface area contributed by atoms with Gasteiger partial charge in [-0.25, -0.2) is 13.5 Å². The van der Waals surface area contributed by atoms with Gasteiger partial charge in [-0.1, -0.05) is 0 Å². The van der Waals surface area contributed by atoms with Crippen molar-refractivity contribution in [2.45, 2.75) is 4.90 Å². The molecule has 1 aromatic rings. The molecule has 1 radical (unpaired) electrons. The van der Waals surface area contributed by atoms with Crippen LogP contribution in [-0.2, 0) is 14.9 Å². The Labute approximate surface area is 64.4 Å². The highest BCUT2D eigenvalue weighted by Crippen LogP contribution is 2.06. The zero-order valence-corrected chi connectivity index (χ0v) is 6.41. The smallest absolute Gasteiger partial charge is 0.207 e. The molecule has 5 heteroatoms. The first-order valence-electron chi connectivity index (χ1n) is 2.88. The van der Waals surface area contributed by atoms with Gasteiger partial charge >= 0.3 is 0 Å². The van der Waals surface area contributed by atoms with Crippen molar-refractivity contribution in [2.24, 2.45) is 0 Å². The van der Waals surface area contributed by atoms with Crippen LogP contribution < -0.4 is 0 Å². The summed E-state index contributed by atoms with van der Waals surface area (Å²) in [4.78, 5) is 3.56. The van der Waals surface area contributed by atoms with E-state index >= 15 is 0 Å². The normalized spacial score (nSPS) is 11.4. The molecule has 0 bridgehead atoms. The molecule has 1 rings (SSSR count). The van der Waals surface area contributed by atoms with Gasteiger partial charge in [0.15, 0.2) is 5.94 Å². The summed E-state index contributed by atoms with van der Waals surface area (Å²) in [5.41, 5.74) is 0. The van der Waals surface area contributed by atoms with Gasteiger partial charge in [-0.3, -0.25) is 4.98 Å². The lowest BCUT2D eigenvalue weighted by Gasteiger charge is -1.95. The van der Waals surface area contributed by atoms with Gasteiger partial charge in [0, 0.05) is 12.4 Å². The molecule has 0 saturated heterocycles. The maximum Gasteiger partial charge on any atom is 0.207 e. The zero-order valence-electron chi connectivity index (χ0n) is 5.60. The van der Waals surface area contributed by atoms with Crippen molar-refractivity contribution in [2.75, 3.05) is 5.94 Å². The summed E-state index contributed by atoms with van der Waals surface area (Å²) < 4.78 is 21.7. The second kappa shape index (κ2) is 2.98. The van der Waals surface area contributed by atoms with Crippen LogP contribution in [0, 0.1) is 0 Å². The van der Waals surface area contributed by atoms with Crippen molar-refractivity contribution in [1.82, 2.24) is 4.98 Å². The molecule has 0 N–H and O–H groups in total. The van der Waals surface area contributed by atoms with E-state index in [-0.39, 0.29) is 4.90 Å². The second-order valence-electron chi connectivity index (χ2n) is 1.92. The third kappa shape index (κ3) is 1.75. The Bertz CT molecular complexity index is 319. The minimum absolute atomic E-state index is 0.0185. The summed E-state index contributed by atoms with van der Waals surface area (Å²) in [5.74, 6) is -1.13. The Hall–Kier alpha value is -0.940. The third-order valence-electron chi connectivity index (χ3n) is 1.15. The van der Waals surface area contributed by atoms with E-state index in [0.717, 1.165) is 6.20 Å². The average molecular weight is 172 g/mol. The molecule has 0 fully saturated rings. The summed E-state index contributed by atoms with van der Waals surface area (Å²) in [7, 11) is -3.62. The first kappa shape index (κ1) is 8.16. The van der Waals surface area contributed by atoms with E-state index in [9.17, 15) is 13.5 Å². The minimum atomic E-state index is -3.62. The largest absolute Gasteiger partial charge is 0.263 e. The Kier molecular flexibility index (Phi) is 2.21. The van der Waals surface area contributed by atoms with Crippen molar-refractivity contribution >= 4 is 9.84 Å². The molecule has 59 valence electrons. The maximum atomic E-state index is 10.8. The van der Waals surface area contributed by atoms with Crippen LogP contribution in [-0.4, -0.2) is 19.3 Å². The van der Waals surface area contributed by atoms with Crippen LogP contribution in [0.5, 0.6) is 0 Å². The SMILES string of the molecule is [O]CS(=O)(=O)c1cccnc1. The van der Waals surface area contributed by atoms with E-state index in [1.165, 1.54) is 18.3 Å². The van der Waals surface area contributed by atoms with E-state index < -0.39 is 15.8 Å². The first-order valence-corrected chi connectivity index (χ1v) is 4.53. The molecule has 0 aliphatic carbocycles. The van der Waals surface area contributed by atoms with Crippen molar-refractivity contribution in [3.8, 4) is 0 Å². The van der Waals surface area contributed by atoms with Crippen LogP contribution in [0.4, 0.5) is 0 Å². The fraction of sp³-hybridized carbons (Fsp3) is 0.167. The van der Waals surface area contributed by atoms with Gasteiger partial charge < -0.3 is 0 Å². The Morgan fingerprint density at radius 2 is 2.18 bits per heavy atom. The summed E-state index contributed by atoms with van der Waals surface area (Å²) in [6, 6.07) is 2.82. The lowest BCUT2D eigenvalue weighted by Crippen LogP contribution is -2.04. The van der Waals surface area contributed by atoms with Gasteiger partial charge in [-0.05, 0) is 12.1 Å². The van der Waals surface area contributed by atoms with Crippen molar-refractivity contribution in [3.05, 3.63) is 24.5 Å². The summed E-state index contributed by atoms with van der Waals surface area (Å²) in [5, 5.41) is 10.1. The quantitative estimate of drug-likeness (QED) is 0.641. The molecule has 0 spiro atoms. The average Bonchev–Trinajstić information content (AvgIpc) is 2.06. The summed E-state index contributed by atoms with van der Waals surface area (Å²) >= 11 is 0. The van der Waals surface area contributed by atoms with E-state index in [1.807, 2.05) is 0 Å². The monoisotopic (exact) mass is 172 g/mol. The molecule has 0 atom stereocenters. The molecule has 0 aromatic carbocycles. The molecule has 0 aliphatic rings. The number of sulfone groups is 1. The molecule has 11 heavy (non-hydrogen) atoms. The number of hydrogen-bond donors (Lipinski definition) is 0. The molecule has 4 nitrogen and oxygen atoms in total. The van der Waals surface area contributed by atoms with Crippen LogP contribution in [0.2, 0.25) is 0 Å². The van der Waals surface area contributed by atoms with Gasteiger partial charge in [0.1, 0.15) is 0 Å². The van der Waals surface area contributed by atoms with Crippen molar-refractivity contribution in [1.29, 1.82) is 0 Å². The van der Waals surface area contributed by atoms with E-state index in [0.29, 0.717) is 0 Å². The van der Waals surface area contributed by atoms with E-state index in [2.05, 4.69) is 4.98 Å². The van der Waals surface area contributed by atoms with Gasteiger partial charge in [-0.15, -0.1) is 0 Å².